The van der Waals surface area contributed by atoms with E-state index in [1.165, 1.54) is 19.3 Å². The predicted molar refractivity (Wildman–Crippen MR) is 79.1 cm³/mol. The first kappa shape index (κ1) is 36.0. The topological polar surface area (TPSA) is 0 Å². The summed E-state index contributed by atoms with van der Waals surface area (Å²) < 4.78 is 0. The molecule has 0 bridgehead atoms. The van der Waals surface area contributed by atoms with Gasteiger partial charge in [0.05, 0.1) is 0 Å². The van der Waals surface area contributed by atoms with Gasteiger partial charge >= 0.3 is 40.1 Å². The van der Waals surface area contributed by atoms with Crippen molar-refractivity contribution >= 4 is 40.0 Å². The second-order valence-corrected chi connectivity index (χ2v) is 2.56. The zero-order valence-electron chi connectivity index (χ0n) is 12.9. The molecule has 0 aromatic rings. The molecule has 15 heavy (non-hydrogen) atoms. The minimum atomic E-state index is 0. The van der Waals surface area contributed by atoms with Gasteiger partial charge in [0.2, 0.25) is 0 Å². The van der Waals surface area contributed by atoms with Gasteiger partial charge < -0.3 is 23.6 Å². The molecule has 0 unspecified atom stereocenters. The van der Waals surface area contributed by atoms with Crippen LogP contribution in [-0.4, -0.2) is 23.1 Å². The molecule has 0 aliphatic carbocycles. The molecule has 0 rings (SSSR count). The molecule has 0 aromatic heterocycles. The summed E-state index contributed by atoms with van der Waals surface area (Å²) in [6.07, 6.45) is 6.83. The van der Waals surface area contributed by atoms with Crippen molar-refractivity contribution in [2.75, 3.05) is 0 Å². The minimum absolute atomic E-state index is 0. The zero-order valence-corrected chi connectivity index (χ0v) is 15.2. The first-order valence-electron chi connectivity index (χ1n) is 5.12. The quantitative estimate of drug-likeness (QED) is 0.487. The van der Waals surface area contributed by atoms with Crippen LogP contribution in [0.3, 0.4) is 0 Å². The molecule has 0 heterocycles. The average molecular weight is 334 g/mol. The van der Waals surface area contributed by atoms with Gasteiger partial charge in [-0.05, 0) is 0 Å². The van der Waals surface area contributed by atoms with E-state index in [2.05, 4.69) is 41.5 Å². The van der Waals surface area contributed by atoms with E-state index in [0.29, 0.717) is 0 Å². The number of hydrogen-bond acceptors (Lipinski definition) is 0. The van der Waals surface area contributed by atoms with Gasteiger partial charge in [-0.1, -0.05) is 40.0 Å². The van der Waals surface area contributed by atoms with Gasteiger partial charge in [0.15, 0.2) is 0 Å². The van der Waals surface area contributed by atoms with E-state index in [9.17, 15) is 0 Å². The Morgan fingerprint density at radius 2 is 0.800 bits per heavy atom. The molecule has 0 nitrogen and oxygen atoms in total. The van der Waals surface area contributed by atoms with E-state index in [0.717, 1.165) is 19.3 Å². The Kier molecular flexibility index (Phi) is 137. The maximum atomic E-state index is 3.60. The maximum absolute atomic E-state index is 3.60. The molecule has 0 saturated carbocycles. The molecule has 0 fully saturated rings. The van der Waals surface area contributed by atoms with Crippen LogP contribution in [0.2, 0.25) is 0 Å². The second kappa shape index (κ2) is 57.0. The third-order valence-electron chi connectivity index (χ3n) is 1.06. The van der Waals surface area contributed by atoms with Crippen molar-refractivity contribution in [1.82, 2.24) is 0 Å². The van der Waals surface area contributed by atoms with E-state index in [1.54, 1.807) is 0 Å². The van der Waals surface area contributed by atoms with Gasteiger partial charge in [0.1, 0.15) is 0 Å². The van der Waals surface area contributed by atoms with Gasteiger partial charge in [-0.25, -0.2) is 0 Å². The van der Waals surface area contributed by atoms with Gasteiger partial charge in [0.25, 0.3) is 0 Å². The van der Waals surface area contributed by atoms with Crippen LogP contribution in [0.5, 0.6) is 0 Å². The number of rotatable bonds is 3. The summed E-state index contributed by atoms with van der Waals surface area (Å²) in [7, 11) is 0. The van der Waals surface area contributed by atoms with Crippen LogP contribution in [0.25, 0.3) is 0 Å². The van der Waals surface area contributed by atoms with Crippen molar-refractivity contribution in [3.63, 3.8) is 0 Å². The van der Waals surface area contributed by atoms with Crippen LogP contribution in [0.4, 0.5) is 0 Å². The van der Waals surface area contributed by atoms with E-state index in [4.69, 9.17) is 0 Å². The van der Waals surface area contributed by atoms with Crippen molar-refractivity contribution < 1.29 is 19.9 Å². The molecule has 0 aliphatic heterocycles. The standard InChI is InChI=1S/3C4H9.BrH.Mg.Mn.2H/c3*1-3-4-2;;;;;/h3*1,3-4H2,2H3;1H;;;;/q3*-1;;+2;+3;2*-1. The Bertz CT molecular complexity index is 40.0. The van der Waals surface area contributed by atoms with Crippen molar-refractivity contribution in [3.05, 3.63) is 20.8 Å². The fourth-order valence-electron chi connectivity index (χ4n) is 0. The predicted octanol–water partition coefficient (Wildman–Crippen LogP) is 5.28. The summed E-state index contributed by atoms with van der Waals surface area (Å²) in [4.78, 5) is 0. The second-order valence-electron chi connectivity index (χ2n) is 2.56. The Morgan fingerprint density at radius 1 is 0.733 bits per heavy atom. The Balaban J connectivity index is -0.0000000104. The van der Waals surface area contributed by atoms with Gasteiger partial charge in [-0.2, -0.15) is 19.3 Å². The fourth-order valence-corrected chi connectivity index (χ4v) is 0. The molecule has 3 heteroatoms. The van der Waals surface area contributed by atoms with Crippen molar-refractivity contribution in [3.8, 4) is 0 Å². The summed E-state index contributed by atoms with van der Waals surface area (Å²) in [5.74, 6) is 0. The SMILES string of the molecule is Br.[CH2-]CCC.[CH2-]CCC.[CH2-]CCC.[H-].[H-].[Mg+2].[Mn+3]. The van der Waals surface area contributed by atoms with Crippen molar-refractivity contribution in [1.29, 1.82) is 0 Å². The smallest absolute Gasteiger partial charge is 1.00 e. The van der Waals surface area contributed by atoms with E-state index in [1.807, 2.05) is 0 Å². The Hall–Kier alpha value is 1.77. The monoisotopic (exact) mass is 332 g/mol. The molecule has 0 amide bonds. The maximum Gasteiger partial charge on any atom is 3.00 e. The molecule has 0 aliphatic rings. The van der Waals surface area contributed by atoms with Gasteiger partial charge in [0, 0.05) is 0 Å². The van der Waals surface area contributed by atoms with E-state index >= 15 is 0 Å². The van der Waals surface area contributed by atoms with Gasteiger partial charge in [-0.15, -0.1) is 17.0 Å². The van der Waals surface area contributed by atoms with Crippen LogP contribution in [-0.2, 0) is 17.1 Å². The van der Waals surface area contributed by atoms with Gasteiger partial charge in [-0.3, -0.25) is 0 Å². The number of hydrogen-bond donors (Lipinski definition) is 0. The molecule has 0 aromatic carbocycles. The van der Waals surface area contributed by atoms with Crippen LogP contribution in [0.15, 0.2) is 0 Å². The van der Waals surface area contributed by atoms with Crippen LogP contribution < -0.4 is 0 Å². The third-order valence-corrected chi connectivity index (χ3v) is 1.06. The molecule has 0 N–H and O–H groups in total. The summed E-state index contributed by atoms with van der Waals surface area (Å²) in [6, 6.07) is 0. The minimum Gasteiger partial charge on any atom is -1.00 e. The van der Waals surface area contributed by atoms with E-state index in [-0.39, 0.29) is 60.0 Å². The molecule has 0 radical (unpaired) electrons. The van der Waals surface area contributed by atoms with Crippen LogP contribution in [0.1, 0.15) is 62.1 Å². The summed E-state index contributed by atoms with van der Waals surface area (Å²) in [5.41, 5.74) is 0. The van der Waals surface area contributed by atoms with Crippen molar-refractivity contribution in [2.24, 2.45) is 0 Å². The van der Waals surface area contributed by atoms with Crippen LogP contribution >= 0.6 is 17.0 Å². The molecule has 0 atom stereocenters. The average Bonchev–Trinajstić information content (AvgIpc) is 2.18. The van der Waals surface area contributed by atoms with Crippen molar-refractivity contribution in [2.45, 2.75) is 59.3 Å². The normalized spacial score (nSPS) is 6.00. The fraction of sp³-hybridized carbons (Fsp3) is 0.750. The molecule has 0 spiro atoms. The summed E-state index contributed by atoms with van der Waals surface area (Å²) in [6.45, 7) is 17.2. The van der Waals surface area contributed by atoms with E-state index < -0.39 is 0 Å². The Morgan fingerprint density at radius 3 is 0.800 bits per heavy atom. The van der Waals surface area contributed by atoms with Crippen LogP contribution in [0, 0.1) is 20.8 Å². The number of unbranched alkanes of at least 4 members (excludes halogenated alkanes) is 3. The zero-order chi connectivity index (χ0) is 10.2. The first-order valence-corrected chi connectivity index (χ1v) is 5.12. The first-order chi connectivity index (χ1) is 5.74. The summed E-state index contributed by atoms with van der Waals surface area (Å²) >= 11 is 0. The molecule has 0 saturated heterocycles. The summed E-state index contributed by atoms with van der Waals surface area (Å²) in [5, 5.41) is 0. The largest absolute Gasteiger partial charge is 3.00 e. The molecule has 94 valence electrons. The third kappa shape index (κ3) is 132. The number of halogens is 1. The Labute approximate surface area is 139 Å². The molecular formula is C12H30BrMgMn. The molecular weight excluding hydrogens is 303 g/mol.